The number of halogens is 2. The third-order valence-corrected chi connectivity index (χ3v) is 6.01. The quantitative estimate of drug-likeness (QED) is 0.250. The zero-order valence-corrected chi connectivity index (χ0v) is 18.8. The molecule has 8 nitrogen and oxygen atoms in total. The van der Waals surface area contributed by atoms with Crippen molar-refractivity contribution >= 4 is 46.7 Å². The summed E-state index contributed by atoms with van der Waals surface area (Å²) in [5, 5.41) is 17.9. The minimum absolute atomic E-state index is 0.308. The maximum Gasteiger partial charge on any atom is 0.274 e. The molecule has 2 aromatic heterocycles. The predicted octanol–water partition coefficient (Wildman–Crippen LogP) is 4.11. The topological polar surface area (TPSA) is 106 Å². The minimum atomic E-state index is -0.485. The van der Waals surface area contributed by atoms with E-state index in [0.29, 0.717) is 52.2 Å². The lowest BCUT2D eigenvalue weighted by Gasteiger charge is -2.11. The highest BCUT2D eigenvalue weighted by molar-refractivity contribution is 7.98. The SMILES string of the molecule is Cc1nc(CSCCN/C(=C\[N+](=O)[O-])NCCSCc2ncccc2Cl)c(Cl)o1. The fourth-order valence-electron chi connectivity index (χ4n) is 2.17. The molecule has 2 N–H and O–H groups in total. The van der Waals surface area contributed by atoms with E-state index in [1.54, 1.807) is 48.8 Å². The molecule has 2 heterocycles. The highest BCUT2D eigenvalue weighted by atomic mass is 35.5. The first-order chi connectivity index (χ1) is 14.0. The molecule has 0 amide bonds. The average molecular weight is 478 g/mol. The molecule has 0 unspecified atom stereocenters. The number of nitrogens with zero attached hydrogens (tertiary/aromatic N) is 3. The molecule has 0 aliphatic heterocycles. The van der Waals surface area contributed by atoms with Crippen LogP contribution in [0.25, 0.3) is 0 Å². The predicted molar refractivity (Wildman–Crippen MR) is 119 cm³/mol. The van der Waals surface area contributed by atoms with Crippen LogP contribution in [-0.4, -0.2) is 39.5 Å². The highest BCUT2D eigenvalue weighted by Crippen LogP contribution is 2.21. The van der Waals surface area contributed by atoms with Gasteiger partial charge in [0.05, 0.1) is 15.6 Å². The summed E-state index contributed by atoms with van der Waals surface area (Å²) in [6.07, 6.45) is 2.64. The smallest absolute Gasteiger partial charge is 0.274 e. The molecule has 0 aromatic carbocycles. The van der Waals surface area contributed by atoms with Gasteiger partial charge in [0, 0.05) is 49.2 Å². The molecule has 0 aliphatic carbocycles. The van der Waals surface area contributed by atoms with E-state index in [2.05, 4.69) is 20.6 Å². The van der Waals surface area contributed by atoms with Gasteiger partial charge in [0.2, 0.25) is 5.22 Å². The molecule has 2 aromatic rings. The van der Waals surface area contributed by atoms with Crippen molar-refractivity contribution in [2.45, 2.75) is 18.4 Å². The van der Waals surface area contributed by atoms with Gasteiger partial charge >= 0.3 is 0 Å². The number of rotatable bonds is 13. The fraction of sp³-hybridized carbons (Fsp3) is 0.412. The average Bonchev–Trinajstić information content (AvgIpc) is 2.99. The summed E-state index contributed by atoms with van der Waals surface area (Å²) in [5.41, 5.74) is 1.54. The van der Waals surface area contributed by atoms with Crippen LogP contribution in [0, 0.1) is 17.0 Å². The second-order valence-corrected chi connectivity index (χ2v) is 8.63. The first kappa shape index (κ1) is 23.7. The lowest BCUT2D eigenvalue weighted by atomic mass is 10.4. The molecule has 0 radical (unpaired) electrons. The standard InChI is InChI=1S/C17H21Cl2N5O3S2/c1-12-23-15(17(19)27-12)11-29-8-6-22-16(9-24(25)26)21-5-7-28-10-14-13(18)3-2-4-20-14/h2-4,9,21-22H,5-8,10-11H2,1H3/b16-9-. The van der Waals surface area contributed by atoms with Crippen molar-refractivity contribution in [1.82, 2.24) is 20.6 Å². The van der Waals surface area contributed by atoms with Gasteiger partial charge in [0.15, 0.2) is 11.7 Å². The van der Waals surface area contributed by atoms with Crippen LogP contribution in [0.3, 0.4) is 0 Å². The van der Waals surface area contributed by atoms with Crippen molar-refractivity contribution in [3.8, 4) is 0 Å². The molecular formula is C17H21Cl2N5O3S2. The van der Waals surface area contributed by atoms with Crippen LogP contribution in [0.1, 0.15) is 17.3 Å². The van der Waals surface area contributed by atoms with E-state index >= 15 is 0 Å². The largest absolute Gasteiger partial charge is 0.429 e. The van der Waals surface area contributed by atoms with E-state index in [9.17, 15) is 10.1 Å². The summed E-state index contributed by atoms with van der Waals surface area (Å²) in [4.78, 5) is 18.8. The van der Waals surface area contributed by atoms with E-state index in [4.69, 9.17) is 27.6 Å². The summed E-state index contributed by atoms with van der Waals surface area (Å²) in [6.45, 7) is 2.87. The minimum Gasteiger partial charge on any atom is -0.429 e. The van der Waals surface area contributed by atoms with Gasteiger partial charge in [0.25, 0.3) is 6.20 Å². The number of hydrogen-bond donors (Lipinski definition) is 2. The van der Waals surface area contributed by atoms with Gasteiger partial charge in [-0.15, -0.1) is 0 Å². The van der Waals surface area contributed by atoms with Crippen molar-refractivity contribution in [2.24, 2.45) is 0 Å². The zero-order valence-electron chi connectivity index (χ0n) is 15.7. The van der Waals surface area contributed by atoms with Crippen molar-refractivity contribution in [2.75, 3.05) is 24.6 Å². The Bertz CT molecular complexity index is 835. The van der Waals surface area contributed by atoms with Gasteiger partial charge < -0.3 is 15.1 Å². The van der Waals surface area contributed by atoms with Gasteiger partial charge in [0.1, 0.15) is 5.69 Å². The molecule has 0 saturated carbocycles. The van der Waals surface area contributed by atoms with Crippen LogP contribution in [0.5, 0.6) is 0 Å². The number of hydrogen-bond acceptors (Lipinski definition) is 9. The Kier molecular flexibility index (Phi) is 10.5. The Labute approximate surface area is 187 Å². The van der Waals surface area contributed by atoms with Crippen LogP contribution in [0.15, 0.2) is 34.8 Å². The number of nitro groups is 1. The van der Waals surface area contributed by atoms with Crippen molar-refractivity contribution in [1.29, 1.82) is 0 Å². The first-order valence-corrected chi connectivity index (χ1v) is 11.7. The van der Waals surface area contributed by atoms with Crippen LogP contribution in [0.4, 0.5) is 0 Å². The maximum absolute atomic E-state index is 10.8. The van der Waals surface area contributed by atoms with Crippen LogP contribution in [-0.2, 0) is 11.5 Å². The Morgan fingerprint density at radius 3 is 2.45 bits per heavy atom. The normalized spacial score (nSPS) is 11.5. The Morgan fingerprint density at radius 1 is 1.24 bits per heavy atom. The number of nitrogens with one attached hydrogen (secondary N) is 2. The lowest BCUT2D eigenvalue weighted by molar-refractivity contribution is -0.404. The molecule has 0 atom stereocenters. The van der Waals surface area contributed by atoms with Crippen molar-refractivity contribution in [3.05, 3.63) is 68.0 Å². The lowest BCUT2D eigenvalue weighted by Crippen LogP contribution is -2.30. The molecule has 12 heteroatoms. The summed E-state index contributed by atoms with van der Waals surface area (Å²) < 4.78 is 5.17. The van der Waals surface area contributed by atoms with E-state index in [1.807, 2.05) is 0 Å². The van der Waals surface area contributed by atoms with Crippen molar-refractivity contribution in [3.63, 3.8) is 0 Å². The molecule has 2 rings (SSSR count). The Balaban J connectivity index is 1.64. The molecule has 0 spiro atoms. The molecule has 0 fully saturated rings. The second kappa shape index (κ2) is 12.8. The van der Waals surface area contributed by atoms with Gasteiger partial charge in [-0.05, 0) is 23.7 Å². The molecule has 0 bridgehead atoms. The molecule has 158 valence electrons. The molecule has 0 saturated heterocycles. The fourth-order valence-corrected chi connectivity index (χ4v) is 4.33. The zero-order chi connectivity index (χ0) is 21.1. The van der Waals surface area contributed by atoms with Crippen LogP contribution >= 0.6 is 46.7 Å². The first-order valence-electron chi connectivity index (χ1n) is 8.65. The molecular weight excluding hydrogens is 457 g/mol. The third-order valence-electron chi connectivity index (χ3n) is 3.43. The van der Waals surface area contributed by atoms with Crippen LogP contribution < -0.4 is 10.6 Å². The summed E-state index contributed by atoms with van der Waals surface area (Å²) in [7, 11) is 0. The number of oxazole rings is 1. The van der Waals surface area contributed by atoms with Gasteiger partial charge in [-0.3, -0.25) is 15.1 Å². The Hall–Kier alpha value is -1.62. The molecule has 0 aliphatic rings. The number of aryl methyl sites for hydroxylation is 1. The summed E-state index contributed by atoms with van der Waals surface area (Å²) >= 11 is 15.3. The maximum atomic E-state index is 10.8. The number of pyridine rings is 1. The van der Waals surface area contributed by atoms with Gasteiger partial charge in [-0.2, -0.15) is 23.5 Å². The van der Waals surface area contributed by atoms with Gasteiger partial charge in [-0.1, -0.05) is 11.6 Å². The van der Waals surface area contributed by atoms with E-state index in [-0.39, 0.29) is 0 Å². The highest BCUT2D eigenvalue weighted by Gasteiger charge is 2.08. The van der Waals surface area contributed by atoms with E-state index < -0.39 is 4.92 Å². The van der Waals surface area contributed by atoms with Crippen molar-refractivity contribution < 1.29 is 9.34 Å². The monoisotopic (exact) mass is 477 g/mol. The Morgan fingerprint density at radius 2 is 1.90 bits per heavy atom. The van der Waals surface area contributed by atoms with E-state index in [0.717, 1.165) is 23.4 Å². The number of thioether (sulfide) groups is 2. The van der Waals surface area contributed by atoms with Gasteiger partial charge in [-0.25, -0.2) is 4.98 Å². The van der Waals surface area contributed by atoms with Crippen LogP contribution in [0.2, 0.25) is 10.2 Å². The second-order valence-electron chi connectivity index (χ2n) is 5.67. The third kappa shape index (κ3) is 9.16. The van der Waals surface area contributed by atoms with E-state index in [1.165, 1.54) is 0 Å². The summed E-state index contributed by atoms with van der Waals surface area (Å²) in [6, 6.07) is 3.60. The molecule has 29 heavy (non-hydrogen) atoms. The summed E-state index contributed by atoms with van der Waals surface area (Å²) in [5.74, 6) is 3.69. The number of aromatic nitrogens is 2.